The third-order valence-corrected chi connectivity index (χ3v) is 7.27. The van der Waals surface area contributed by atoms with Gasteiger partial charge in [0.05, 0.1) is 17.0 Å². The van der Waals surface area contributed by atoms with Gasteiger partial charge in [-0.3, -0.25) is 4.68 Å². The van der Waals surface area contributed by atoms with E-state index in [1.165, 1.54) is 24.2 Å². The van der Waals surface area contributed by atoms with Crippen LogP contribution in [0.25, 0.3) is 10.6 Å². The smallest absolute Gasteiger partial charge is 0.244 e. The molecule has 8 heteroatoms. The molecule has 0 spiro atoms. The predicted molar refractivity (Wildman–Crippen MR) is 97.2 cm³/mol. The topological polar surface area (TPSA) is 73.2 Å². The summed E-state index contributed by atoms with van der Waals surface area (Å²) in [4.78, 5) is 1.16. The number of rotatable bonds is 6. The monoisotopic (exact) mass is 381 g/mol. The maximum atomic E-state index is 12.9. The van der Waals surface area contributed by atoms with E-state index in [0.29, 0.717) is 24.9 Å². The molecule has 0 aromatic carbocycles. The van der Waals surface area contributed by atoms with Crippen LogP contribution in [0.5, 0.6) is 0 Å². The molecule has 1 saturated carbocycles. The molecule has 1 aliphatic heterocycles. The van der Waals surface area contributed by atoms with Gasteiger partial charge < -0.3 is 4.74 Å². The molecule has 136 valence electrons. The van der Waals surface area contributed by atoms with Gasteiger partial charge in [-0.15, -0.1) is 11.3 Å². The Hall–Kier alpha value is -1.22. The number of hydrogen-bond acceptors (Lipinski definition) is 5. The molecule has 0 radical (unpaired) electrons. The van der Waals surface area contributed by atoms with E-state index in [2.05, 4.69) is 9.82 Å². The number of thiophene rings is 1. The maximum Gasteiger partial charge on any atom is 0.244 e. The highest BCUT2D eigenvalue weighted by Gasteiger charge is 2.28. The average Bonchev–Trinajstić information content (AvgIpc) is 3.41. The van der Waals surface area contributed by atoms with Crippen molar-refractivity contribution in [3.8, 4) is 10.6 Å². The summed E-state index contributed by atoms with van der Waals surface area (Å²) in [5.41, 5.74) is 0.557. The van der Waals surface area contributed by atoms with Crippen molar-refractivity contribution in [2.24, 2.45) is 0 Å². The summed E-state index contributed by atoms with van der Waals surface area (Å²) in [5.74, 6) is 0. The van der Waals surface area contributed by atoms with Crippen LogP contribution in [0.15, 0.2) is 28.6 Å². The standard InChI is InChI=1S/C17H23N3O3S2/c21-25(22,18-11-14-7-3-9-23-14)16-12-20(13-5-1-2-6-13)19-17(16)15-8-4-10-24-15/h4,8,10,12-14,18H,1-3,5-7,9,11H2. The number of aromatic nitrogens is 2. The minimum atomic E-state index is -3.62. The zero-order valence-electron chi connectivity index (χ0n) is 14.1. The first-order chi connectivity index (χ1) is 12.1. The minimum absolute atomic E-state index is 0.0233. The molecule has 3 heterocycles. The molecule has 1 unspecified atom stereocenters. The Labute approximate surface area is 152 Å². The lowest BCUT2D eigenvalue weighted by Crippen LogP contribution is -2.31. The first kappa shape index (κ1) is 17.2. The summed E-state index contributed by atoms with van der Waals surface area (Å²) in [5, 5.41) is 6.60. The van der Waals surface area contributed by atoms with Gasteiger partial charge in [0.2, 0.25) is 10.0 Å². The number of hydrogen-bond donors (Lipinski definition) is 1. The van der Waals surface area contributed by atoms with E-state index >= 15 is 0 Å². The first-order valence-electron chi connectivity index (χ1n) is 8.88. The maximum absolute atomic E-state index is 12.9. The molecule has 1 atom stereocenters. The molecule has 0 bridgehead atoms. The molecule has 25 heavy (non-hydrogen) atoms. The molecule has 2 aromatic heterocycles. The van der Waals surface area contributed by atoms with Crippen LogP contribution in [0, 0.1) is 0 Å². The fraction of sp³-hybridized carbons (Fsp3) is 0.588. The van der Waals surface area contributed by atoms with Gasteiger partial charge in [0.25, 0.3) is 0 Å². The number of nitrogens with zero attached hydrogens (tertiary/aromatic N) is 2. The molecular formula is C17H23N3O3S2. The Kier molecular flexibility index (Phi) is 4.95. The molecule has 6 nitrogen and oxygen atoms in total. The van der Waals surface area contributed by atoms with E-state index in [9.17, 15) is 8.42 Å². The van der Waals surface area contributed by atoms with Gasteiger partial charge in [-0.05, 0) is 37.1 Å². The van der Waals surface area contributed by atoms with Crippen LogP contribution >= 0.6 is 11.3 Å². The van der Waals surface area contributed by atoms with Crippen molar-refractivity contribution in [1.82, 2.24) is 14.5 Å². The van der Waals surface area contributed by atoms with Gasteiger partial charge in [-0.25, -0.2) is 13.1 Å². The normalized spacial score (nSPS) is 22.0. The molecule has 2 fully saturated rings. The lowest BCUT2D eigenvalue weighted by Gasteiger charge is -2.11. The van der Waals surface area contributed by atoms with Crippen molar-refractivity contribution in [2.75, 3.05) is 13.2 Å². The lowest BCUT2D eigenvalue weighted by atomic mass is 10.2. The Morgan fingerprint density at radius 2 is 2.12 bits per heavy atom. The summed E-state index contributed by atoms with van der Waals surface area (Å²) in [6, 6.07) is 4.15. The minimum Gasteiger partial charge on any atom is -0.377 e. The quantitative estimate of drug-likeness (QED) is 0.834. The van der Waals surface area contributed by atoms with E-state index in [-0.39, 0.29) is 11.0 Å². The summed E-state index contributed by atoms with van der Waals surface area (Å²) in [7, 11) is -3.62. The molecule has 1 aliphatic carbocycles. The third-order valence-electron chi connectivity index (χ3n) is 4.97. The Morgan fingerprint density at radius 3 is 2.80 bits per heavy atom. The van der Waals surface area contributed by atoms with Crippen molar-refractivity contribution in [1.29, 1.82) is 0 Å². The average molecular weight is 382 g/mol. The highest BCUT2D eigenvalue weighted by molar-refractivity contribution is 7.89. The molecule has 1 N–H and O–H groups in total. The summed E-state index contributed by atoms with van der Waals surface area (Å²) >= 11 is 1.51. The van der Waals surface area contributed by atoms with Crippen LogP contribution in [-0.4, -0.2) is 37.5 Å². The number of ether oxygens (including phenoxy) is 1. The van der Waals surface area contributed by atoms with Gasteiger partial charge in [-0.2, -0.15) is 5.10 Å². The van der Waals surface area contributed by atoms with Crippen molar-refractivity contribution >= 4 is 21.4 Å². The van der Waals surface area contributed by atoms with Crippen molar-refractivity contribution in [3.05, 3.63) is 23.7 Å². The summed E-state index contributed by atoms with van der Waals surface area (Å²) in [6.07, 6.45) is 8.07. The molecule has 0 amide bonds. The van der Waals surface area contributed by atoms with E-state index in [0.717, 1.165) is 30.6 Å². The van der Waals surface area contributed by atoms with Gasteiger partial charge in [-0.1, -0.05) is 18.9 Å². The van der Waals surface area contributed by atoms with Crippen molar-refractivity contribution in [3.63, 3.8) is 0 Å². The lowest BCUT2D eigenvalue weighted by molar-refractivity contribution is 0.114. The molecule has 2 aromatic rings. The van der Waals surface area contributed by atoms with E-state index in [1.54, 1.807) is 6.20 Å². The van der Waals surface area contributed by atoms with Crippen LogP contribution < -0.4 is 4.72 Å². The SMILES string of the molecule is O=S(=O)(NCC1CCCO1)c1cn(C2CCCC2)nc1-c1cccs1. The number of sulfonamides is 1. The fourth-order valence-electron chi connectivity index (χ4n) is 3.60. The predicted octanol–water partition coefficient (Wildman–Crippen LogP) is 3.18. The highest BCUT2D eigenvalue weighted by Crippen LogP contribution is 2.34. The summed E-state index contributed by atoms with van der Waals surface area (Å²) in [6.45, 7) is 1.03. The second-order valence-electron chi connectivity index (χ2n) is 6.72. The Balaban J connectivity index is 1.63. The van der Waals surface area contributed by atoms with Gasteiger partial charge in [0, 0.05) is 19.3 Å². The Morgan fingerprint density at radius 1 is 1.28 bits per heavy atom. The van der Waals surface area contributed by atoms with Crippen molar-refractivity contribution < 1.29 is 13.2 Å². The van der Waals surface area contributed by atoms with Crippen molar-refractivity contribution in [2.45, 2.75) is 55.6 Å². The molecule has 2 aliphatic rings. The molecular weight excluding hydrogens is 358 g/mol. The fourth-order valence-corrected chi connectivity index (χ4v) is 5.60. The van der Waals surface area contributed by atoms with Crippen LogP contribution in [0.3, 0.4) is 0 Å². The first-order valence-corrected chi connectivity index (χ1v) is 11.2. The van der Waals surface area contributed by atoms with Gasteiger partial charge in [0.1, 0.15) is 10.6 Å². The Bertz CT molecular complexity index is 802. The second-order valence-corrected chi connectivity index (χ2v) is 9.41. The third kappa shape index (κ3) is 3.67. The van der Waals surface area contributed by atoms with Crippen LogP contribution in [0.1, 0.15) is 44.6 Å². The molecule has 1 saturated heterocycles. The molecule has 4 rings (SSSR count). The van der Waals surface area contributed by atoms with Crippen LogP contribution in [-0.2, 0) is 14.8 Å². The highest BCUT2D eigenvalue weighted by atomic mass is 32.2. The largest absolute Gasteiger partial charge is 0.377 e. The number of nitrogens with one attached hydrogen (secondary N) is 1. The van der Waals surface area contributed by atoms with Crippen LogP contribution in [0.4, 0.5) is 0 Å². The zero-order chi connectivity index (χ0) is 17.3. The van der Waals surface area contributed by atoms with Crippen LogP contribution in [0.2, 0.25) is 0 Å². The van der Waals surface area contributed by atoms with Gasteiger partial charge in [0.15, 0.2) is 0 Å². The van der Waals surface area contributed by atoms with Gasteiger partial charge >= 0.3 is 0 Å². The van der Waals surface area contributed by atoms with E-state index < -0.39 is 10.0 Å². The van der Waals surface area contributed by atoms with E-state index in [1.807, 2.05) is 22.2 Å². The summed E-state index contributed by atoms with van der Waals surface area (Å²) < 4.78 is 35.9. The second kappa shape index (κ2) is 7.19. The van der Waals surface area contributed by atoms with E-state index in [4.69, 9.17) is 4.74 Å². The zero-order valence-corrected chi connectivity index (χ0v) is 15.7.